The first kappa shape index (κ1) is 16.8. The third-order valence-electron chi connectivity index (χ3n) is 6.67. The van der Waals surface area contributed by atoms with Crippen molar-refractivity contribution in [1.29, 1.82) is 0 Å². The van der Waals surface area contributed by atoms with Crippen molar-refractivity contribution in [2.75, 3.05) is 7.05 Å². The van der Waals surface area contributed by atoms with E-state index in [4.69, 9.17) is 0 Å². The molecule has 128 valence electrons. The molecule has 3 rings (SSSR count). The van der Waals surface area contributed by atoms with Crippen LogP contribution in [0.5, 0.6) is 0 Å². The van der Waals surface area contributed by atoms with Gasteiger partial charge in [-0.05, 0) is 39.2 Å². The van der Waals surface area contributed by atoms with E-state index in [0.29, 0.717) is 0 Å². The Morgan fingerprint density at radius 2 is 1.27 bits per heavy atom. The SMILES string of the molecule is CN1C2CCCCCCCC(C2)NC2CCCCCCCC21. The smallest absolute Gasteiger partial charge is 0.0249 e. The Balaban J connectivity index is 1.74. The summed E-state index contributed by atoms with van der Waals surface area (Å²) in [6.45, 7) is 0. The Morgan fingerprint density at radius 3 is 2.05 bits per heavy atom. The van der Waals surface area contributed by atoms with Crippen LogP contribution in [0.25, 0.3) is 0 Å². The van der Waals surface area contributed by atoms with Crippen molar-refractivity contribution in [1.82, 2.24) is 10.2 Å². The molecule has 0 radical (unpaired) electrons. The molecule has 4 unspecified atom stereocenters. The van der Waals surface area contributed by atoms with Gasteiger partial charge in [0.15, 0.2) is 0 Å². The van der Waals surface area contributed by atoms with Crippen LogP contribution in [0.15, 0.2) is 0 Å². The molecule has 2 saturated carbocycles. The summed E-state index contributed by atoms with van der Waals surface area (Å²) in [5.41, 5.74) is 0. The molecule has 4 atom stereocenters. The van der Waals surface area contributed by atoms with Gasteiger partial charge in [0.05, 0.1) is 0 Å². The molecule has 0 spiro atoms. The quantitative estimate of drug-likeness (QED) is 0.686. The van der Waals surface area contributed by atoms with Gasteiger partial charge in [0, 0.05) is 24.2 Å². The molecule has 0 aromatic heterocycles. The fourth-order valence-electron chi connectivity index (χ4n) is 5.28. The Kier molecular flexibility index (Phi) is 6.62. The largest absolute Gasteiger partial charge is 0.310 e. The zero-order valence-electron chi connectivity index (χ0n) is 14.9. The van der Waals surface area contributed by atoms with Crippen molar-refractivity contribution in [3.05, 3.63) is 0 Å². The molecule has 1 saturated heterocycles. The average molecular weight is 307 g/mol. The summed E-state index contributed by atoms with van der Waals surface area (Å²) >= 11 is 0. The van der Waals surface area contributed by atoms with Gasteiger partial charge in [-0.1, -0.05) is 64.2 Å². The second-order valence-electron chi connectivity index (χ2n) is 8.28. The van der Waals surface area contributed by atoms with E-state index in [1.807, 2.05) is 0 Å². The lowest BCUT2D eigenvalue weighted by Gasteiger charge is -2.36. The highest BCUT2D eigenvalue weighted by Crippen LogP contribution is 2.30. The maximum Gasteiger partial charge on any atom is 0.0249 e. The van der Waals surface area contributed by atoms with Gasteiger partial charge in [-0.25, -0.2) is 0 Å². The lowest BCUT2D eigenvalue weighted by molar-refractivity contribution is 0.135. The molecule has 3 fully saturated rings. The Bertz CT molecular complexity index is 317. The number of nitrogens with zero attached hydrogens (tertiary/aromatic N) is 1. The Hall–Kier alpha value is -0.0800. The molecule has 2 aliphatic carbocycles. The highest BCUT2D eigenvalue weighted by Gasteiger charge is 2.35. The van der Waals surface area contributed by atoms with Crippen molar-refractivity contribution < 1.29 is 0 Å². The van der Waals surface area contributed by atoms with Crippen molar-refractivity contribution in [3.8, 4) is 0 Å². The van der Waals surface area contributed by atoms with Gasteiger partial charge in [-0.2, -0.15) is 0 Å². The lowest BCUT2D eigenvalue weighted by atomic mass is 9.93. The van der Waals surface area contributed by atoms with Crippen molar-refractivity contribution in [2.24, 2.45) is 0 Å². The topological polar surface area (TPSA) is 15.3 Å². The van der Waals surface area contributed by atoms with Crippen LogP contribution in [0.1, 0.15) is 96.3 Å². The van der Waals surface area contributed by atoms with Crippen LogP contribution >= 0.6 is 0 Å². The molecule has 2 heteroatoms. The van der Waals surface area contributed by atoms with Gasteiger partial charge in [-0.15, -0.1) is 0 Å². The number of nitrogens with one attached hydrogen (secondary N) is 1. The number of hydrogen-bond donors (Lipinski definition) is 1. The molecule has 22 heavy (non-hydrogen) atoms. The molecule has 0 aromatic rings. The lowest BCUT2D eigenvalue weighted by Crippen LogP contribution is -2.49. The summed E-state index contributed by atoms with van der Waals surface area (Å²) in [6, 6.07) is 3.19. The monoisotopic (exact) mass is 306 g/mol. The van der Waals surface area contributed by atoms with Crippen molar-refractivity contribution in [3.63, 3.8) is 0 Å². The normalized spacial score (nSPS) is 39.7. The predicted octanol–water partition coefficient (Wildman–Crippen LogP) is 4.87. The van der Waals surface area contributed by atoms with Crippen LogP contribution < -0.4 is 5.32 Å². The van der Waals surface area contributed by atoms with Crippen molar-refractivity contribution in [2.45, 2.75) is 120 Å². The van der Waals surface area contributed by atoms with Gasteiger partial charge in [0.25, 0.3) is 0 Å². The summed E-state index contributed by atoms with van der Waals surface area (Å²) in [6.07, 6.45) is 21.7. The van der Waals surface area contributed by atoms with E-state index < -0.39 is 0 Å². The first-order valence-electron chi connectivity index (χ1n) is 10.3. The molecular formula is C20H38N2. The van der Waals surface area contributed by atoms with Gasteiger partial charge in [0.2, 0.25) is 0 Å². The molecule has 3 aliphatic rings. The van der Waals surface area contributed by atoms with Crippen LogP contribution in [0.2, 0.25) is 0 Å². The minimum absolute atomic E-state index is 0.763. The molecule has 1 N–H and O–H groups in total. The first-order chi connectivity index (χ1) is 10.8. The van der Waals surface area contributed by atoms with Crippen molar-refractivity contribution >= 4 is 0 Å². The van der Waals surface area contributed by atoms with E-state index in [1.54, 1.807) is 0 Å². The number of hydrogen-bond acceptors (Lipinski definition) is 2. The molecule has 1 aliphatic heterocycles. The molecular weight excluding hydrogens is 268 g/mol. The molecule has 2 bridgehead atoms. The van der Waals surface area contributed by atoms with Gasteiger partial charge < -0.3 is 5.32 Å². The summed E-state index contributed by atoms with van der Waals surface area (Å²) in [7, 11) is 2.45. The summed E-state index contributed by atoms with van der Waals surface area (Å²) in [4.78, 5) is 2.82. The van der Waals surface area contributed by atoms with E-state index in [1.165, 1.54) is 96.3 Å². The fourth-order valence-corrected chi connectivity index (χ4v) is 5.28. The summed E-state index contributed by atoms with van der Waals surface area (Å²) in [5, 5.41) is 4.15. The number of fused-ring (bicyclic) bond motifs is 3. The fraction of sp³-hybridized carbons (Fsp3) is 1.00. The van der Waals surface area contributed by atoms with Gasteiger partial charge in [0.1, 0.15) is 0 Å². The highest BCUT2D eigenvalue weighted by molar-refractivity contribution is 4.94. The second kappa shape index (κ2) is 8.68. The first-order valence-corrected chi connectivity index (χ1v) is 10.3. The van der Waals surface area contributed by atoms with Crippen LogP contribution in [0.4, 0.5) is 0 Å². The zero-order valence-corrected chi connectivity index (χ0v) is 14.9. The maximum absolute atomic E-state index is 4.15. The minimum atomic E-state index is 0.763. The molecule has 0 amide bonds. The zero-order chi connectivity index (χ0) is 15.2. The highest BCUT2D eigenvalue weighted by atomic mass is 15.2. The standard InChI is InChI=1S/C20H38N2/c1-22-18-13-9-5-2-4-8-12-17(16-18)21-19-14-10-6-3-7-11-15-20(19)22/h17-21H,2-16H2,1H3. The predicted molar refractivity (Wildman–Crippen MR) is 95.3 cm³/mol. The summed E-state index contributed by atoms with van der Waals surface area (Å²) < 4.78 is 0. The number of rotatable bonds is 0. The molecule has 1 heterocycles. The van der Waals surface area contributed by atoms with E-state index in [0.717, 1.165) is 24.2 Å². The Morgan fingerprint density at radius 1 is 0.682 bits per heavy atom. The molecule has 0 aromatic carbocycles. The van der Waals surface area contributed by atoms with Gasteiger partial charge >= 0.3 is 0 Å². The minimum Gasteiger partial charge on any atom is -0.310 e. The van der Waals surface area contributed by atoms with E-state index >= 15 is 0 Å². The third-order valence-corrected chi connectivity index (χ3v) is 6.67. The van der Waals surface area contributed by atoms with Crippen LogP contribution in [-0.2, 0) is 0 Å². The van der Waals surface area contributed by atoms with Crippen LogP contribution in [-0.4, -0.2) is 36.1 Å². The Labute approximate surface area is 138 Å². The number of likely N-dealkylation sites (N-methyl/N-ethyl adjacent to an activating group) is 1. The van der Waals surface area contributed by atoms with E-state index in [2.05, 4.69) is 17.3 Å². The summed E-state index contributed by atoms with van der Waals surface area (Å²) in [5.74, 6) is 0. The van der Waals surface area contributed by atoms with Gasteiger partial charge in [-0.3, -0.25) is 4.90 Å². The van der Waals surface area contributed by atoms with E-state index in [-0.39, 0.29) is 0 Å². The van der Waals surface area contributed by atoms with Crippen LogP contribution in [0.3, 0.4) is 0 Å². The third kappa shape index (κ3) is 4.47. The van der Waals surface area contributed by atoms with E-state index in [9.17, 15) is 0 Å². The average Bonchev–Trinajstić information content (AvgIpc) is 2.60. The second-order valence-corrected chi connectivity index (χ2v) is 8.28. The molecule has 2 nitrogen and oxygen atoms in total. The van der Waals surface area contributed by atoms with Crippen LogP contribution in [0, 0.1) is 0 Å². The maximum atomic E-state index is 4.15.